The van der Waals surface area contributed by atoms with Crippen molar-refractivity contribution in [2.24, 2.45) is 5.41 Å². The third-order valence-electron chi connectivity index (χ3n) is 3.25. The van der Waals surface area contributed by atoms with E-state index in [2.05, 4.69) is 5.32 Å². The average Bonchev–Trinajstić information content (AvgIpc) is 2.81. The summed E-state index contributed by atoms with van der Waals surface area (Å²) in [6.07, 6.45) is 0.619. The Labute approximate surface area is 121 Å². The molecule has 0 atom stereocenters. The fourth-order valence-electron chi connectivity index (χ4n) is 1.93. The van der Waals surface area contributed by atoms with E-state index in [1.807, 2.05) is 13.8 Å². The molecule has 108 valence electrons. The number of halogens is 1. The number of hydrogen-bond acceptors (Lipinski definition) is 3. The molecule has 0 saturated heterocycles. The van der Waals surface area contributed by atoms with Gasteiger partial charge in [-0.2, -0.15) is 0 Å². The molecule has 0 aliphatic carbocycles. The number of carbonyl (C=O) groups excluding carboxylic acids is 1. The Kier molecular flexibility index (Phi) is 4.40. The number of fused-ring (bicyclic) bond motifs is 1. The Balaban J connectivity index is 2.10. The molecular weight excluding hydrogens is 277 g/mol. The van der Waals surface area contributed by atoms with Crippen LogP contribution in [0.4, 0.5) is 4.39 Å². The molecule has 0 aliphatic rings. The van der Waals surface area contributed by atoms with Gasteiger partial charge in [0, 0.05) is 23.2 Å². The fourth-order valence-corrected chi connectivity index (χ4v) is 2.93. The van der Waals surface area contributed by atoms with Gasteiger partial charge in [0.05, 0.1) is 4.88 Å². The van der Waals surface area contributed by atoms with Crippen LogP contribution in [-0.4, -0.2) is 24.2 Å². The molecule has 0 fully saturated rings. The second kappa shape index (κ2) is 5.89. The van der Waals surface area contributed by atoms with Crippen LogP contribution in [0.3, 0.4) is 0 Å². The number of rotatable bonds is 5. The van der Waals surface area contributed by atoms with E-state index in [9.17, 15) is 9.18 Å². The minimum atomic E-state index is -0.307. The first-order valence-corrected chi connectivity index (χ1v) is 7.32. The van der Waals surface area contributed by atoms with E-state index in [4.69, 9.17) is 5.11 Å². The van der Waals surface area contributed by atoms with E-state index < -0.39 is 0 Å². The van der Waals surface area contributed by atoms with Gasteiger partial charge in [-0.05, 0) is 30.0 Å². The zero-order valence-electron chi connectivity index (χ0n) is 11.6. The van der Waals surface area contributed by atoms with Crippen molar-refractivity contribution >= 4 is 27.3 Å². The van der Waals surface area contributed by atoms with Crippen LogP contribution in [0.1, 0.15) is 29.9 Å². The molecule has 0 radical (unpaired) electrons. The summed E-state index contributed by atoms with van der Waals surface area (Å²) in [6, 6.07) is 6.42. The summed E-state index contributed by atoms with van der Waals surface area (Å²) in [4.78, 5) is 12.6. The number of amides is 1. The first kappa shape index (κ1) is 14.9. The third-order valence-corrected chi connectivity index (χ3v) is 4.35. The summed E-state index contributed by atoms with van der Waals surface area (Å²) in [7, 11) is 0. The van der Waals surface area contributed by atoms with Crippen LogP contribution < -0.4 is 5.32 Å². The lowest BCUT2D eigenvalue weighted by molar-refractivity contribution is 0.0932. The van der Waals surface area contributed by atoms with Crippen LogP contribution in [0, 0.1) is 11.2 Å². The number of thiophene rings is 1. The average molecular weight is 295 g/mol. The molecule has 2 N–H and O–H groups in total. The molecule has 2 aromatic rings. The number of aliphatic hydroxyl groups is 1. The van der Waals surface area contributed by atoms with Gasteiger partial charge >= 0.3 is 0 Å². The quantitative estimate of drug-likeness (QED) is 0.890. The summed E-state index contributed by atoms with van der Waals surface area (Å²) in [5, 5.41) is 12.3. The molecule has 1 aromatic heterocycles. The van der Waals surface area contributed by atoms with E-state index in [-0.39, 0.29) is 23.7 Å². The number of nitrogens with one attached hydrogen (secondary N) is 1. The van der Waals surface area contributed by atoms with Crippen LogP contribution in [0.5, 0.6) is 0 Å². The maximum atomic E-state index is 13.6. The molecule has 0 bridgehead atoms. The standard InChI is InChI=1S/C15H18FNO2S/c1-15(2,6-7-18)9-17-14(19)13-8-10-11(16)4-3-5-12(10)20-13/h3-5,8,18H,6-7,9H2,1-2H3,(H,17,19). The van der Waals surface area contributed by atoms with E-state index in [0.717, 1.165) is 4.70 Å². The van der Waals surface area contributed by atoms with Crippen LogP contribution in [0.2, 0.25) is 0 Å². The lowest BCUT2D eigenvalue weighted by Gasteiger charge is -2.23. The highest BCUT2D eigenvalue weighted by atomic mass is 32.1. The van der Waals surface area contributed by atoms with E-state index in [0.29, 0.717) is 23.2 Å². The van der Waals surface area contributed by atoms with Crippen molar-refractivity contribution in [2.75, 3.05) is 13.2 Å². The topological polar surface area (TPSA) is 49.3 Å². The molecule has 0 aliphatic heterocycles. The van der Waals surface area contributed by atoms with Gasteiger partial charge in [-0.1, -0.05) is 19.9 Å². The molecule has 3 nitrogen and oxygen atoms in total. The molecule has 1 amide bonds. The summed E-state index contributed by atoms with van der Waals surface area (Å²) in [5.74, 6) is -0.505. The van der Waals surface area contributed by atoms with Gasteiger partial charge in [-0.25, -0.2) is 4.39 Å². The summed E-state index contributed by atoms with van der Waals surface area (Å²) in [5.41, 5.74) is -0.160. The van der Waals surface area contributed by atoms with Crippen molar-refractivity contribution in [1.82, 2.24) is 5.32 Å². The van der Waals surface area contributed by atoms with Crippen LogP contribution in [0.15, 0.2) is 24.3 Å². The number of benzene rings is 1. The Hall–Kier alpha value is -1.46. The molecule has 0 spiro atoms. The highest BCUT2D eigenvalue weighted by Gasteiger charge is 2.19. The second-order valence-corrected chi connectivity index (χ2v) is 6.67. The van der Waals surface area contributed by atoms with Crippen molar-refractivity contribution in [3.63, 3.8) is 0 Å². The van der Waals surface area contributed by atoms with Crippen molar-refractivity contribution in [3.8, 4) is 0 Å². The number of carbonyl (C=O) groups is 1. The predicted molar refractivity (Wildman–Crippen MR) is 79.6 cm³/mol. The normalized spacial score (nSPS) is 11.8. The molecule has 0 saturated carbocycles. The Bertz CT molecular complexity index is 621. The fraction of sp³-hybridized carbons (Fsp3) is 0.400. The Morgan fingerprint density at radius 2 is 2.20 bits per heavy atom. The van der Waals surface area contributed by atoms with Crippen molar-refractivity contribution in [2.45, 2.75) is 20.3 Å². The van der Waals surface area contributed by atoms with E-state index in [1.54, 1.807) is 18.2 Å². The number of aliphatic hydroxyl groups excluding tert-OH is 1. The van der Waals surface area contributed by atoms with Gasteiger partial charge in [-0.15, -0.1) is 11.3 Å². The summed E-state index contributed by atoms with van der Waals surface area (Å²) >= 11 is 1.28. The highest BCUT2D eigenvalue weighted by molar-refractivity contribution is 7.20. The van der Waals surface area contributed by atoms with Gasteiger partial charge in [0.25, 0.3) is 5.91 Å². The lowest BCUT2D eigenvalue weighted by atomic mass is 9.90. The van der Waals surface area contributed by atoms with Crippen molar-refractivity contribution in [3.05, 3.63) is 35.0 Å². The van der Waals surface area contributed by atoms with Gasteiger partial charge < -0.3 is 10.4 Å². The molecular formula is C15H18FNO2S. The largest absolute Gasteiger partial charge is 0.396 e. The minimum absolute atomic E-state index is 0.0942. The molecule has 1 heterocycles. The van der Waals surface area contributed by atoms with Crippen molar-refractivity contribution < 1.29 is 14.3 Å². The van der Waals surface area contributed by atoms with Crippen LogP contribution in [0.25, 0.3) is 10.1 Å². The Morgan fingerprint density at radius 1 is 1.45 bits per heavy atom. The maximum absolute atomic E-state index is 13.6. The monoisotopic (exact) mass is 295 g/mol. The summed E-state index contributed by atoms with van der Waals surface area (Å²) < 4.78 is 14.4. The minimum Gasteiger partial charge on any atom is -0.396 e. The van der Waals surface area contributed by atoms with E-state index >= 15 is 0 Å². The zero-order valence-corrected chi connectivity index (χ0v) is 12.4. The van der Waals surface area contributed by atoms with Gasteiger partial charge in [0.15, 0.2) is 0 Å². The van der Waals surface area contributed by atoms with Gasteiger partial charge in [-0.3, -0.25) is 4.79 Å². The van der Waals surface area contributed by atoms with Crippen LogP contribution in [-0.2, 0) is 0 Å². The molecule has 1 aromatic carbocycles. The zero-order chi connectivity index (χ0) is 14.8. The maximum Gasteiger partial charge on any atom is 0.261 e. The van der Waals surface area contributed by atoms with Crippen molar-refractivity contribution in [1.29, 1.82) is 0 Å². The SMILES string of the molecule is CC(C)(CCO)CNC(=O)c1cc2c(F)cccc2s1. The van der Waals surface area contributed by atoms with Gasteiger partial charge in [0.1, 0.15) is 5.82 Å². The number of hydrogen-bond donors (Lipinski definition) is 2. The molecule has 2 rings (SSSR count). The highest BCUT2D eigenvalue weighted by Crippen LogP contribution is 2.27. The predicted octanol–water partition coefficient (Wildman–Crippen LogP) is 3.18. The molecule has 20 heavy (non-hydrogen) atoms. The van der Waals surface area contributed by atoms with Gasteiger partial charge in [0.2, 0.25) is 0 Å². The van der Waals surface area contributed by atoms with E-state index in [1.165, 1.54) is 17.4 Å². The Morgan fingerprint density at radius 3 is 2.85 bits per heavy atom. The summed E-state index contributed by atoms with van der Waals surface area (Å²) in [6.45, 7) is 4.53. The molecule has 0 unspecified atom stereocenters. The molecule has 5 heteroatoms. The first-order chi connectivity index (χ1) is 9.43. The first-order valence-electron chi connectivity index (χ1n) is 6.50. The lowest BCUT2D eigenvalue weighted by Crippen LogP contribution is -2.34. The second-order valence-electron chi connectivity index (χ2n) is 5.58. The van der Waals surface area contributed by atoms with Crippen LogP contribution >= 0.6 is 11.3 Å². The third kappa shape index (κ3) is 3.35. The smallest absolute Gasteiger partial charge is 0.261 e.